The molecule has 0 N–H and O–H groups in total. The van der Waals surface area contributed by atoms with Crippen molar-refractivity contribution in [3.8, 4) is 0 Å². The number of benzene rings is 2. The Hall–Kier alpha value is -1.39. The molecule has 0 aliphatic heterocycles. The van der Waals surface area contributed by atoms with E-state index in [4.69, 9.17) is 0 Å². The van der Waals surface area contributed by atoms with Gasteiger partial charge in [-0.2, -0.15) is 0 Å². The molecular weight excluding hydrogens is 211 g/mol. The summed E-state index contributed by atoms with van der Waals surface area (Å²) in [5.41, 5.74) is 2.61. The number of allylic oxidation sites excluding steroid dienone is 1. The van der Waals surface area contributed by atoms with Crippen molar-refractivity contribution < 1.29 is 0 Å². The van der Waals surface area contributed by atoms with Crippen molar-refractivity contribution in [2.75, 3.05) is 0 Å². The highest BCUT2D eigenvalue weighted by Crippen LogP contribution is 2.21. The average Bonchev–Trinajstić information content (AvgIpc) is 2.38. The molecule has 2 aromatic carbocycles. The Bertz CT molecular complexity index is 457. The van der Waals surface area contributed by atoms with E-state index < -0.39 is 0 Å². The summed E-state index contributed by atoms with van der Waals surface area (Å²) >= 11 is 0. The van der Waals surface area contributed by atoms with Gasteiger partial charge < -0.3 is 0 Å². The Labute approximate surface area is 99.2 Å². The highest BCUT2D eigenvalue weighted by molar-refractivity contribution is 7.31. The maximum Gasteiger partial charge on any atom is -0.00880 e. The van der Waals surface area contributed by atoms with E-state index in [1.54, 1.807) is 0 Å². The second-order valence-corrected chi connectivity index (χ2v) is 4.34. The second-order valence-electron chi connectivity index (χ2n) is 3.72. The van der Waals surface area contributed by atoms with Crippen LogP contribution in [0, 0.1) is 0 Å². The second kappa shape index (κ2) is 5.63. The molecule has 16 heavy (non-hydrogen) atoms. The van der Waals surface area contributed by atoms with Crippen LogP contribution >= 0.6 is 9.24 Å². The third-order valence-corrected chi connectivity index (χ3v) is 3.08. The molecule has 1 atom stereocenters. The van der Waals surface area contributed by atoms with Crippen LogP contribution in [-0.4, -0.2) is 0 Å². The van der Waals surface area contributed by atoms with Gasteiger partial charge in [-0.25, -0.2) is 0 Å². The first-order valence-electron chi connectivity index (χ1n) is 5.41. The zero-order valence-electron chi connectivity index (χ0n) is 9.14. The van der Waals surface area contributed by atoms with Crippen molar-refractivity contribution in [1.29, 1.82) is 0 Å². The van der Waals surface area contributed by atoms with Crippen molar-refractivity contribution in [3.63, 3.8) is 0 Å². The minimum Gasteiger partial charge on any atom is -0.105 e. The quantitative estimate of drug-likeness (QED) is 0.690. The van der Waals surface area contributed by atoms with Crippen LogP contribution in [0.5, 0.6) is 0 Å². The topological polar surface area (TPSA) is 0 Å². The number of hydrogen-bond donors (Lipinski definition) is 0. The van der Waals surface area contributed by atoms with Crippen molar-refractivity contribution >= 4 is 14.6 Å². The first-order valence-corrected chi connectivity index (χ1v) is 5.99. The largest absolute Gasteiger partial charge is 0.105 e. The lowest BCUT2D eigenvalue weighted by Gasteiger charge is -2.01. The Morgan fingerprint density at radius 1 is 0.875 bits per heavy atom. The van der Waals surface area contributed by atoms with Crippen molar-refractivity contribution in [2.24, 2.45) is 0 Å². The molecule has 80 valence electrons. The lowest BCUT2D eigenvalue weighted by Crippen LogP contribution is -1.81. The van der Waals surface area contributed by atoms with Gasteiger partial charge >= 0.3 is 0 Å². The fourth-order valence-corrected chi connectivity index (χ4v) is 1.90. The molecule has 2 aromatic rings. The van der Waals surface area contributed by atoms with Gasteiger partial charge in [0.2, 0.25) is 0 Å². The van der Waals surface area contributed by atoms with Gasteiger partial charge in [0.05, 0.1) is 0 Å². The number of rotatable bonds is 3. The molecule has 0 fully saturated rings. The summed E-state index contributed by atoms with van der Waals surface area (Å²) < 4.78 is 0. The molecule has 0 saturated heterocycles. The SMILES string of the molecule is PC(=CCc1ccccc1)c1ccccc1. The lowest BCUT2D eigenvalue weighted by atomic mass is 10.1. The summed E-state index contributed by atoms with van der Waals surface area (Å²) in [5.74, 6) is 0. The zero-order valence-corrected chi connectivity index (χ0v) is 10.3. The average molecular weight is 226 g/mol. The van der Waals surface area contributed by atoms with E-state index in [2.05, 4.69) is 63.8 Å². The molecule has 0 aliphatic carbocycles. The van der Waals surface area contributed by atoms with E-state index in [-0.39, 0.29) is 0 Å². The molecule has 1 unspecified atom stereocenters. The van der Waals surface area contributed by atoms with Crippen LogP contribution in [0.1, 0.15) is 11.1 Å². The summed E-state index contributed by atoms with van der Waals surface area (Å²) in [7, 11) is 2.80. The van der Waals surface area contributed by atoms with Crippen LogP contribution < -0.4 is 0 Å². The summed E-state index contributed by atoms with van der Waals surface area (Å²) in [6.45, 7) is 0. The smallest absolute Gasteiger partial charge is 0.00880 e. The molecule has 2 rings (SSSR count). The van der Waals surface area contributed by atoms with Crippen LogP contribution in [0.4, 0.5) is 0 Å². The summed E-state index contributed by atoms with van der Waals surface area (Å²) in [6, 6.07) is 20.9. The normalized spacial score (nSPS) is 11.4. The van der Waals surface area contributed by atoms with Crippen LogP contribution in [0.25, 0.3) is 5.31 Å². The van der Waals surface area contributed by atoms with Crippen LogP contribution in [-0.2, 0) is 6.42 Å². The molecule has 0 bridgehead atoms. The third-order valence-electron chi connectivity index (χ3n) is 2.51. The fourth-order valence-electron chi connectivity index (χ4n) is 1.59. The summed E-state index contributed by atoms with van der Waals surface area (Å²) in [6.07, 6.45) is 3.23. The van der Waals surface area contributed by atoms with Gasteiger partial charge in [0.1, 0.15) is 0 Å². The Balaban J connectivity index is 2.09. The lowest BCUT2D eigenvalue weighted by molar-refractivity contribution is 1.28. The van der Waals surface area contributed by atoms with Crippen molar-refractivity contribution in [2.45, 2.75) is 6.42 Å². The van der Waals surface area contributed by atoms with Gasteiger partial charge in [-0.15, -0.1) is 9.24 Å². The van der Waals surface area contributed by atoms with Gasteiger partial charge in [0, 0.05) is 0 Å². The van der Waals surface area contributed by atoms with Gasteiger partial charge in [-0.1, -0.05) is 66.7 Å². The molecule has 0 nitrogen and oxygen atoms in total. The highest BCUT2D eigenvalue weighted by atomic mass is 31.0. The molecule has 1 heteroatoms. The van der Waals surface area contributed by atoms with Crippen LogP contribution in [0.15, 0.2) is 66.7 Å². The minimum absolute atomic E-state index is 0.981. The monoisotopic (exact) mass is 226 g/mol. The van der Waals surface area contributed by atoms with Gasteiger partial charge in [-0.05, 0) is 22.9 Å². The maximum absolute atomic E-state index is 2.80. The third kappa shape index (κ3) is 3.05. The molecular formula is C15H15P. The van der Waals surface area contributed by atoms with E-state index in [0.29, 0.717) is 0 Å². The van der Waals surface area contributed by atoms with Crippen LogP contribution in [0.2, 0.25) is 0 Å². The predicted molar refractivity (Wildman–Crippen MR) is 74.3 cm³/mol. The molecule has 0 amide bonds. The molecule has 0 radical (unpaired) electrons. The van der Waals surface area contributed by atoms with Gasteiger partial charge in [0.15, 0.2) is 0 Å². The van der Waals surface area contributed by atoms with E-state index in [1.807, 2.05) is 12.1 Å². The Morgan fingerprint density at radius 3 is 2.06 bits per heavy atom. The first kappa shape index (κ1) is 11.1. The summed E-state index contributed by atoms with van der Waals surface area (Å²) in [5, 5.41) is 1.25. The molecule has 0 aromatic heterocycles. The Kier molecular flexibility index (Phi) is 3.91. The van der Waals surface area contributed by atoms with E-state index in [9.17, 15) is 0 Å². The van der Waals surface area contributed by atoms with E-state index >= 15 is 0 Å². The molecule has 0 saturated carbocycles. The molecule has 0 spiro atoms. The van der Waals surface area contributed by atoms with E-state index in [1.165, 1.54) is 16.4 Å². The van der Waals surface area contributed by atoms with Crippen molar-refractivity contribution in [1.82, 2.24) is 0 Å². The molecule has 0 aliphatic rings. The maximum atomic E-state index is 2.80. The standard InChI is InChI=1S/C15H15P/c16-15(14-9-5-2-6-10-14)12-11-13-7-3-1-4-8-13/h1-10,12H,11,16H2. The van der Waals surface area contributed by atoms with Crippen molar-refractivity contribution in [3.05, 3.63) is 77.9 Å². The van der Waals surface area contributed by atoms with Crippen LogP contribution in [0.3, 0.4) is 0 Å². The first-order chi connectivity index (χ1) is 7.86. The highest BCUT2D eigenvalue weighted by Gasteiger charge is 1.94. The minimum atomic E-state index is 0.981. The summed E-state index contributed by atoms with van der Waals surface area (Å²) in [4.78, 5) is 0. The van der Waals surface area contributed by atoms with E-state index in [0.717, 1.165) is 6.42 Å². The predicted octanol–water partition coefficient (Wildman–Crippen LogP) is 4.15. The Morgan fingerprint density at radius 2 is 1.44 bits per heavy atom. The zero-order chi connectivity index (χ0) is 11.2. The van der Waals surface area contributed by atoms with Gasteiger partial charge in [-0.3, -0.25) is 0 Å². The fraction of sp³-hybridized carbons (Fsp3) is 0.0667. The molecule has 0 heterocycles. The number of hydrogen-bond acceptors (Lipinski definition) is 0. The van der Waals surface area contributed by atoms with Gasteiger partial charge in [0.25, 0.3) is 0 Å².